The topological polar surface area (TPSA) is 50.4 Å². The number of ether oxygens (including phenoxy) is 1. The number of urea groups is 1. The van der Waals surface area contributed by atoms with E-state index >= 15 is 0 Å². The van der Waals surface area contributed by atoms with Crippen molar-refractivity contribution in [2.24, 2.45) is 0 Å². The minimum Gasteiger partial charge on any atom is -0.376 e. The molecule has 4 heteroatoms. The fourth-order valence-corrected chi connectivity index (χ4v) is 2.01. The molecular weight excluding hydrogens is 228 g/mol. The van der Waals surface area contributed by atoms with E-state index in [-0.39, 0.29) is 12.1 Å². The molecule has 1 aliphatic heterocycles. The van der Waals surface area contributed by atoms with E-state index in [0.717, 1.165) is 25.1 Å². The summed E-state index contributed by atoms with van der Waals surface area (Å²) in [6.07, 6.45) is 2.30. The normalized spacial score (nSPS) is 18.7. The summed E-state index contributed by atoms with van der Waals surface area (Å²) in [5, 5.41) is 5.66. The van der Waals surface area contributed by atoms with Crippen molar-refractivity contribution in [3.63, 3.8) is 0 Å². The van der Waals surface area contributed by atoms with Gasteiger partial charge in [-0.3, -0.25) is 0 Å². The van der Waals surface area contributed by atoms with Gasteiger partial charge in [-0.05, 0) is 49.9 Å². The minimum atomic E-state index is -0.172. The molecule has 1 aromatic rings. The number of carbonyl (C=O) groups is 1. The molecule has 0 bridgehead atoms. The van der Waals surface area contributed by atoms with Crippen molar-refractivity contribution in [3.8, 4) is 0 Å². The third-order valence-electron chi connectivity index (χ3n) is 3.28. The van der Waals surface area contributed by atoms with Crippen LogP contribution in [0, 0.1) is 13.8 Å². The Morgan fingerprint density at radius 3 is 2.89 bits per heavy atom. The van der Waals surface area contributed by atoms with E-state index in [1.807, 2.05) is 25.1 Å². The fraction of sp³-hybridized carbons (Fsp3) is 0.500. The standard InChI is InChI=1S/C14H20N2O2/c1-10-5-6-12(8-11(10)2)16-14(17)15-9-13-4-3-7-18-13/h5-6,8,13H,3-4,7,9H2,1-2H3,(H2,15,16,17)/t13-/m0/s1. The summed E-state index contributed by atoms with van der Waals surface area (Å²) >= 11 is 0. The summed E-state index contributed by atoms with van der Waals surface area (Å²) < 4.78 is 5.45. The predicted molar refractivity (Wildman–Crippen MR) is 71.9 cm³/mol. The van der Waals surface area contributed by atoms with Gasteiger partial charge in [0.2, 0.25) is 0 Å². The first-order chi connectivity index (χ1) is 8.65. The van der Waals surface area contributed by atoms with Crippen LogP contribution in [0.1, 0.15) is 24.0 Å². The molecule has 4 nitrogen and oxygen atoms in total. The SMILES string of the molecule is Cc1ccc(NC(=O)NC[C@@H]2CCCO2)cc1C. The lowest BCUT2D eigenvalue weighted by atomic mass is 10.1. The third-order valence-corrected chi connectivity index (χ3v) is 3.28. The molecular formula is C14H20N2O2. The van der Waals surface area contributed by atoms with Crippen LogP contribution in [0.15, 0.2) is 18.2 Å². The zero-order valence-electron chi connectivity index (χ0n) is 11.0. The highest BCUT2D eigenvalue weighted by Gasteiger charge is 2.15. The number of anilines is 1. The van der Waals surface area contributed by atoms with Crippen LogP contribution in [0.5, 0.6) is 0 Å². The number of aryl methyl sites for hydroxylation is 2. The second-order valence-electron chi connectivity index (χ2n) is 4.77. The zero-order valence-corrected chi connectivity index (χ0v) is 11.0. The van der Waals surface area contributed by atoms with Crippen molar-refractivity contribution in [2.45, 2.75) is 32.8 Å². The van der Waals surface area contributed by atoms with Crippen molar-refractivity contribution in [3.05, 3.63) is 29.3 Å². The smallest absolute Gasteiger partial charge is 0.319 e. The van der Waals surface area contributed by atoms with Crippen LogP contribution in [-0.2, 0) is 4.74 Å². The Balaban J connectivity index is 1.80. The van der Waals surface area contributed by atoms with Crippen LogP contribution in [0.25, 0.3) is 0 Å². The molecule has 1 atom stereocenters. The number of amides is 2. The van der Waals surface area contributed by atoms with E-state index < -0.39 is 0 Å². The summed E-state index contributed by atoms with van der Waals surface area (Å²) in [6, 6.07) is 5.72. The fourth-order valence-electron chi connectivity index (χ4n) is 2.01. The summed E-state index contributed by atoms with van der Waals surface area (Å²) in [4.78, 5) is 11.7. The second kappa shape index (κ2) is 5.87. The molecule has 18 heavy (non-hydrogen) atoms. The molecule has 1 saturated heterocycles. The molecule has 2 N–H and O–H groups in total. The van der Waals surface area contributed by atoms with Crippen LogP contribution in [0.3, 0.4) is 0 Å². The van der Waals surface area contributed by atoms with E-state index in [1.54, 1.807) is 0 Å². The summed E-state index contributed by atoms with van der Waals surface area (Å²) in [5.74, 6) is 0. The molecule has 0 aromatic heterocycles. The molecule has 1 aliphatic rings. The van der Waals surface area contributed by atoms with Crippen LogP contribution in [0.2, 0.25) is 0 Å². The number of benzene rings is 1. The number of hydrogen-bond donors (Lipinski definition) is 2. The number of nitrogens with one attached hydrogen (secondary N) is 2. The summed E-state index contributed by atoms with van der Waals surface area (Å²) in [6.45, 7) is 5.48. The lowest BCUT2D eigenvalue weighted by Gasteiger charge is -2.12. The van der Waals surface area contributed by atoms with Gasteiger partial charge in [0, 0.05) is 18.8 Å². The Hall–Kier alpha value is -1.55. The van der Waals surface area contributed by atoms with Crippen molar-refractivity contribution >= 4 is 11.7 Å². The van der Waals surface area contributed by atoms with Gasteiger partial charge in [-0.15, -0.1) is 0 Å². The maximum absolute atomic E-state index is 11.7. The van der Waals surface area contributed by atoms with E-state index in [2.05, 4.69) is 17.6 Å². The molecule has 2 rings (SSSR count). The first-order valence-electron chi connectivity index (χ1n) is 6.39. The van der Waals surface area contributed by atoms with Gasteiger partial charge in [0.1, 0.15) is 0 Å². The van der Waals surface area contributed by atoms with Crippen LogP contribution < -0.4 is 10.6 Å². The highest BCUT2D eigenvalue weighted by molar-refractivity contribution is 5.89. The maximum atomic E-state index is 11.7. The van der Waals surface area contributed by atoms with Gasteiger partial charge in [-0.2, -0.15) is 0 Å². The zero-order chi connectivity index (χ0) is 13.0. The van der Waals surface area contributed by atoms with Gasteiger partial charge in [0.15, 0.2) is 0 Å². The molecule has 1 fully saturated rings. The molecule has 0 unspecified atom stereocenters. The molecule has 1 aromatic carbocycles. The summed E-state index contributed by atoms with van der Waals surface area (Å²) in [5.41, 5.74) is 3.22. The van der Waals surface area contributed by atoms with Gasteiger partial charge < -0.3 is 15.4 Å². The molecule has 0 saturated carbocycles. The van der Waals surface area contributed by atoms with Gasteiger partial charge in [0.25, 0.3) is 0 Å². The second-order valence-corrected chi connectivity index (χ2v) is 4.77. The van der Waals surface area contributed by atoms with Crippen molar-refractivity contribution in [1.29, 1.82) is 0 Å². The third kappa shape index (κ3) is 3.47. The minimum absolute atomic E-state index is 0.172. The van der Waals surface area contributed by atoms with Gasteiger partial charge in [0.05, 0.1) is 6.10 Å². The Kier molecular flexibility index (Phi) is 4.20. The number of hydrogen-bond acceptors (Lipinski definition) is 2. The van der Waals surface area contributed by atoms with Crippen molar-refractivity contribution in [1.82, 2.24) is 5.32 Å². The first kappa shape index (κ1) is 12.9. The van der Waals surface area contributed by atoms with Crippen LogP contribution in [0.4, 0.5) is 10.5 Å². The summed E-state index contributed by atoms with van der Waals surface area (Å²) in [7, 11) is 0. The number of rotatable bonds is 3. The van der Waals surface area contributed by atoms with Crippen LogP contribution >= 0.6 is 0 Å². The highest BCUT2D eigenvalue weighted by Crippen LogP contribution is 2.14. The molecule has 1 heterocycles. The monoisotopic (exact) mass is 248 g/mol. The lowest BCUT2D eigenvalue weighted by Crippen LogP contribution is -2.35. The quantitative estimate of drug-likeness (QED) is 0.864. The van der Waals surface area contributed by atoms with E-state index in [0.29, 0.717) is 6.54 Å². The molecule has 98 valence electrons. The molecule has 0 aliphatic carbocycles. The van der Waals surface area contributed by atoms with Gasteiger partial charge >= 0.3 is 6.03 Å². The molecule has 2 amide bonds. The Bertz CT molecular complexity index is 426. The Labute approximate surface area is 108 Å². The molecule has 0 spiro atoms. The maximum Gasteiger partial charge on any atom is 0.319 e. The number of carbonyl (C=O) groups excluding carboxylic acids is 1. The van der Waals surface area contributed by atoms with Crippen molar-refractivity contribution < 1.29 is 9.53 Å². The van der Waals surface area contributed by atoms with Crippen molar-refractivity contribution in [2.75, 3.05) is 18.5 Å². The average Bonchev–Trinajstić information content (AvgIpc) is 2.84. The van der Waals surface area contributed by atoms with E-state index in [1.165, 1.54) is 11.1 Å². The Morgan fingerprint density at radius 1 is 1.39 bits per heavy atom. The largest absolute Gasteiger partial charge is 0.376 e. The lowest BCUT2D eigenvalue weighted by molar-refractivity contribution is 0.112. The first-order valence-corrected chi connectivity index (χ1v) is 6.39. The van der Waals surface area contributed by atoms with E-state index in [4.69, 9.17) is 4.74 Å². The highest BCUT2D eigenvalue weighted by atomic mass is 16.5. The van der Waals surface area contributed by atoms with Crippen LogP contribution in [-0.4, -0.2) is 25.3 Å². The predicted octanol–water partition coefficient (Wildman–Crippen LogP) is 2.60. The van der Waals surface area contributed by atoms with Gasteiger partial charge in [-0.25, -0.2) is 4.79 Å². The average molecular weight is 248 g/mol. The van der Waals surface area contributed by atoms with Gasteiger partial charge in [-0.1, -0.05) is 6.07 Å². The van der Waals surface area contributed by atoms with E-state index in [9.17, 15) is 4.79 Å². The Morgan fingerprint density at radius 2 is 2.22 bits per heavy atom. The molecule has 0 radical (unpaired) electrons.